The number of likely N-dealkylation sites (tertiary alicyclic amines) is 1. The number of methoxy groups -OCH3 is 1. The van der Waals surface area contributed by atoms with Crippen molar-refractivity contribution in [1.29, 1.82) is 0 Å². The predicted molar refractivity (Wildman–Crippen MR) is 143 cm³/mol. The van der Waals surface area contributed by atoms with E-state index in [1.165, 1.54) is 13.0 Å². The number of nitrogens with one attached hydrogen (secondary N) is 1. The number of rotatable bonds is 8. The SMILES string of the molecule is C=CCN1CCC2(c3cccc(OC)c3)CC(NC(=O)/C=C/c3cccc(O)c3)CCC2(OC(C)=O)C1. The largest absolute Gasteiger partial charge is 0.508 e. The number of nitrogens with zero attached hydrogens (tertiary/aromatic N) is 1. The second-order valence-electron chi connectivity index (χ2n) is 10.1. The Morgan fingerprint density at radius 2 is 2.03 bits per heavy atom. The van der Waals surface area contributed by atoms with E-state index in [1.54, 1.807) is 31.4 Å². The quantitative estimate of drug-likeness (QED) is 0.318. The number of hydrogen-bond acceptors (Lipinski definition) is 6. The number of esters is 1. The molecule has 1 amide bonds. The molecule has 2 aromatic rings. The zero-order valence-electron chi connectivity index (χ0n) is 21.6. The van der Waals surface area contributed by atoms with E-state index in [0.29, 0.717) is 25.8 Å². The number of benzene rings is 2. The Labute approximate surface area is 218 Å². The Bertz CT molecular complexity index is 1180. The van der Waals surface area contributed by atoms with Crippen LogP contribution in [0.4, 0.5) is 0 Å². The number of fused-ring (bicyclic) bond motifs is 1. The molecule has 37 heavy (non-hydrogen) atoms. The standard InChI is InChI=1S/C30H36N2O5/c1-4-16-32-17-15-29(24-8-6-10-27(19-24)36-3)20-25(13-14-30(29,21-32)37-22(2)33)31-28(35)12-11-23-7-5-9-26(34)18-23/h4-12,18-19,25,34H,1,13-17,20-21H2,2-3H3,(H,31,35)/b12-11+. The Hall–Kier alpha value is -3.58. The summed E-state index contributed by atoms with van der Waals surface area (Å²) in [7, 11) is 1.64. The first-order chi connectivity index (χ1) is 17.8. The van der Waals surface area contributed by atoms with Crippen LogP contribution < -0.4 is 10.1 Å². The molecule has 2 fully saturated rings. The number of ether oxygens (including phenoxy) is 2. The predicted octanol–water partition coefficient (Wildman–Crippen LogP) is 4.21. The van der Waals surface area contributed by atoms with E-state index in [2.05, 4.69) is 22.9 Å². The van der Waals surface area contributed by atoms with Gasteiger partial charge in [0.2, 0.25) is 5.91 Å². The summed E-state index contributed by atoms with van der Waals surface area (Å²) in [5, 5.41) is 12.9. The van der Waals surface area contributed by atoms with Crippen LogP contribution in [0.25, 0.3) is 6.08 Å². The number of carbonyl (C=O) groups is 2. The van der Waals surface area contributed by atoms with Gasteiger partial charge >= 0.3 is 5.97 Å². The van der Waals surface area contributed by atoms with Gasteiger partial charge in [0.15, 0.2) is 0 Å². The van der Waals surface area contributed by atoms with Crippen molar-refractivity contribution in [3.63, 3.8) is 0 Å². The van der Waals surface area contributed by atoms with Crippen molar-refractivity contribution >= 4 is 18.0 Å². The molecule has 7 heteroatoms. The molecule has 0 radical (unpaired) electrons. The van der Waals surface area contributed by atoms with E-state index >= 15 is 0 Å². The fourth-order valence-electron chi connectivity index (χ4n) is 6.12. The van der Waals surface area contributed by atoms with Gasteiger partial charge in [-0.05, 0) is 73.7 Å². The summed E-state index contributed by atoms with van der Waals surface area (Å²) in [6.45, 7) is 7.51. The number of phenolic OH excluding ortho intramolecular Hbond substituents is 1. The zero-order valence-corrected chi connectivity index (χ0v) is 21.6. The molecule has 7 nitrogen and oxygen atoms in total. The van der Waals surface area contributed by atoms with E-state index in [1.807, 2.05) is 30.3 Å². The van der Waals surface area contributed by atoms with Crippen LogP contribution in [0.1, 0.15) is 43.7 Å². The first-order valence-electron chi connectivity index (χ1n) is 12.7. The van der Waals surface area contributed by atoms with E-state index in [0.717, 1.165) is 36.4 Å². The Morgan fingerprint density at radius 3 is 2.76 bits per heavy atom. The molecule has 0 bridgehead atoms. The molecule has 3 unspecified atom stereocenters. The maximum absolute atomic E-state index is 12.9. The van der Waals surface area contributed by atoms with Gasteiger partial charge in [-0.2, -0.15) is 0 Å². The number of phenols is 1. The molecular formula is C30H36N2O5. The fraction of sp³-hybridized carbons (Fsp3) is 0.400. The monoisotopic (exact) mass is 504 g/mol. The number of carbonyl (C=O) groups excluding carboxylic acids is 2. The van der Waals surface area contributed by atoms with E-state index in [4.69, 9.17) is 9.47 Å². The lowest BCUT2D eigenvalue weighted by Crippen LogP contribution is -2.68. The highest BCUT2D eigenvalue weighted by atomic mass is 16.6. The molecule has 4 rings (SSSR count). The average molecular weight is 505 g/mol. The summed E-state index contributed by atoms with van der Waals surface area (Å²) in [6, 6.07) is 14.7. The van der Waals surface area contributed by atoms with Crippen molar-refractivity contribution in [1.82, 2.24) is 10.2 Å². The highest BCUT2D eigenvalue weighted by molar-refractivity contribution is 5.92. The second-order valence-corrected chi connectivity index (χ2v) is 10.1. The third-order valence-corrected chi connectivity index (χ3v) is 7.69. The van der Waals surface area contributed by atoms with Gasteiger partial charge in [-0.1, -0.05) is 30.3 Å². The van der Waals surface area contributed by atoms with Crippen molar-refractivity contribution in [2.75, 3.05) is 26.7 Å². The van der Waals surface area contributed by atoms with Crippen LogP contribution in [0.5, 0.6) is 11.5 Å². The van der Waals surface area contributed by atoms with Crippen LogP contribution in [0.15, 0.2) is 67.3 Å². The van der Waals surface area contributed by atoms with E-state index in [9.17, 15) is 14.7 Å². The lowest BCUT2D eigenvalue weighted by molar-refractivity contribution is -0.186. The van der Waals surface area contributed by atoms with Crippen LogP contribution in [0, 0.1) is 0 Å². The van der Waals surface area contributed by atoms with Gasteiger partial charge in [-0.3, -0.25) is 14.5 Å². The summed E-state index contributed by atoms with van der Waals surface area (Å²) in [4.78, 5) is 27.6. The van der Waals surface area contributed by atoms with Crippen LogP contribution in [-0.2, 0) is 19.7 Å². The molecule has 1 saturated carbocycles. The summed E-state index contributed by atoms with van der Waals surface area (Å²) in [5.74, 6) is 0.402. The summed E-state index contributed by atoms with van der Waals surface area (Å²) in [6.07, 6.45) is 7.78. The first-order valence-corrected chi connectivity index (χ1v) is 12.7. The smallest absolute Gasteiger partial charge is 0.303 e. The molecule has 2 N–H and O–H groups in total. The van der Waals surface area contributed by atoms with Gasteiger partial charge in [0.25, 0.3) is 0 Å². The minimum absolute atomic E-state index is 0.0952. The number of amides is 1. The molecule has 1 saturated heterocycles. The zero-order chi connectivity index (χ0) is 26.5. The molecule has 1 heterocycles. The maximum Gasteiger partial charge on any atom is 0.303 e. The van der Waals surface area contributed by atoms with Crippen LogP contribution >= 0.6 is 0 Å². The minimum Gasteiger partial charge on any atom is -0.508 e. The minimum atomic E-state index is -0.731. The van der Waals surface area contributed by atoms with Gasteiger partial charge in [-0.25, -0.2) is 0 Å². The lowest BCUT2D eigenvalue weighted by Gasteiger charge is -2.59. The van der Waals surface area contributed by atoms with Crippen molar-refractivity contribution < 1.29 is 24.2 Å². The molecule has 2 aromatic carbocycles. The molecular weight excluding hydrogens is 468 g/mol. The van der Waals surface area contributed by atoms with Crippen molar-refractivity contribution in [3.8, 4) is 11.5 Å². The molecule has 0 spiro atoms. The van der Waals surface area contributed by atoms with Crippen LogP contribution in [0.2, 0.25) is 0 Å². The summed E-state index contributed by atoms with van der Waals surface area (Å²) >= 11 is 0. The third kappa shape index (κ3) is 5.72. The normalized spacial score (nSPS) is 25.7. The molecule has 1 aliphatic carbocycles. The van der Waals surface area contributed by atoms with Crippen LogP contribution in [0.3, 0.4) is 0 Å². The number of aromatic hydroxyl groups is 1. The lowest BCUT2D eigenvalue weighted by atomic mass is 9.55. The highest BCUT2D eigenvalue weighted by Crippen LogP contribution is 2.54. The van der Waals surface area contributed by atoms with Gasteiger partial charge in [0, 0.05) is 37.5 Å². The van der Waals surface area contributed by atoms with Gasteiger partial charge in [-0.15, -0.1) is 6.58 Å². The third-order valence-electron chi connectivity index (χ3n) is 7.69. The molecule has 0 aromatic heterocycles. The van der Waals surface area contributed by atoms with Crippen molar-refractivity contribution in [2.24, 2.45) is 0 Å². The summed E-state index contributed by atoms with van der Waals surface area (Å²) < 4.78 is 11.8. The molecule has 1 aliphatic heterocycles. The second kappa shape index (κ2) is 11.2. The summed E-state index contributed by atoms with van der Waals surface area (Å²) in [5.41, 5.74) is 0.580. The topological polar surface area (TPSA) is 88.1 Å². The maximum atomic E-state index is 12.9. The molecule has 196 valence electrons. The first kappa shape index (κ1) is 26.5. The van der Waals surface area contributed by atoms with Gasteiger partial charge in [0.1, 0.15) is 17.1 Å². The Kier molecular flexibility index (Phi) is 8.03. The van der Waals surface area contributed by atoms with E-state index < -0.39 is 11.0 Å². The number of hydrogen-bond donors (Lipinski definition) is 2. The Morgan fingerprint density at radius 1 is 1.22 bits per heavy atom. The Balaban J connectivity index is 1.65. The fourth-order valence-corrected chi connectivity index (χ4v) is 6.12. The van der Waals surface area contributed by atoms with Gasteiger partial charge in [0.05, 0.1) is 7.11 Å². The van der Waals surface area contributed by atoms with E-state index in [-0.39, 0.29) is 23.7 Å². The average Bonchev–Trinajstić information content (AvgIpc) is 2.87. The van der Waals surface area contributed by atoms with Crippen molar-refractivity contribution in [3.05, 3.63) is 78.4 Å². The molecule has 2 aliphatic rings. The van der Waals surface area contributed by atoms with Crippen molar-refractivity contribution in [2.45, 2.75) is 49.7 Å². The highest BCUT2D eigenvalue weighted by Gasteiger charge is 2.60. The number of piperidine rings is 1. The molecule has 3 atom stereocenters. The van der Waals surface area contributed by atoms with Gasteiger partial charge < -0.3 is 19.9 Å². The van der Waals surface area contributed by atoms with Crippen LogP contribution in [-0.4, -0.2) is 60.3 Å².